The van der Waals surface area contributed by atoms with Crippen molar-refractivity contribution in [1.82, 2.24) is 10.6 Å². The quantitative estimate of drug-likeness (QED) is 0.529. The van der Waals surface area contributed by atoms with Gasteiger partial charge >= 0.3 is 6.09 Å². The van der Waals surface area contributed by atoms with E-state index in [1.165, 1.54) is 0 Å². The lowest BCUT2D eigenvalue weighted by atomic mass is 10.1. The van der Waals surface area contributed by atoms with Gasteiger partial charge in [-0.15, -0.1) is 0 Å². The van der Waals surface area contributed by atoms with Gasteiger partial charge < -0.3 is 21.1 Å². The van der Waals surface area contributed by atoms with Crippen LogP contribution < -0.4 is 16.4 Å². The lowest BCUT2D eigenvalue weighted by molar-refractivity contribution is -0.127. The predicted molar refractivity (Wildman–Crippen MR) is 94.5 cm³/mol. The zero-order valence-electron chi connectivity index (χ0n) is 14.6. The SMILES string of the molecule is CCCCCC[C@H](NC(=O)CNC(=O)OCc1ccccc1)C(N)=O. The molecule has 0 aromatic heterocycles. The summed E-state index contributed by atoms with van der Waals surface area (Å²) in [5, 5.41) is 4.89. The molecular formula is C18H27N3O4. The molecular weight excluding hydrogens is 322 g/mol. The third kappa shape index (κ3) is 9.34. The summed E-state index contributed by atoms with van der Waals surface area (Å²) < 4.78 is 5.00. The highest BCUT2D eigenvalue weighted by Crippen LogP contribution is 2.05. The maximum absolute atomic E-state index is 11.8. The molecule has 0 unspecified atom stereocenters. The Balaban J connectivity index is 2.26. The number of primary amides is 1. The Labute approximate surface area is 148 Å². The molecule has 0 heterocycles. The van der Waals surface area contributed by atoms with Gasteiger partial charge in [0, 0.05) is 0 Å². The monoisotopic (exact) mass is 349 g/mol. The molecule has 1 aromatic carbocycles. The zero-order chi connectivity index (χ0) is 18.5. The highest BCUT2D eigenvalue weighted by molar-refractivity contribution is 5.88. The van der Waals surface area contributed by atoms with Crippen LogP contribution in [0.5, 0.6) is 0 Å². The number of nitrogens with one attached hydrogen (secondary N) is 2. The molecule has 1 atom stereocenters. The Kier molecular flexibility index (Phi) is 9.74. The van der Waals surface area contributed by atoms with E-state index >= 15 is 0 Å². The van der Waals surface area contributed by atoms with Crippen LogP contribution in [-0.2, 0) is 20.9 Å². The summed E-state index contributed by atoms with van der Waals surface area (Å²) in [6.07, 6.45) is 3.77. The van der Waals surface area contributed by atoms with Gasteiger partial charge in [-0.2, -0.15) is 0 Å². The van der Waals surface area contributed by atoms with Gasteiger partial charge in [-0.25, -0.2) is 4.79 Å². The lowest BCUT2D eigenvalue weighted by Crippen LogP contribution is -2.47. The van der Waals surface area contributed by atoms with E-state index in [-0.39, 0.29) is 13.2 Å². The third-order valence-corrected chi connectivity index (χ3v) is 3.63. The van der Waals surface area contributed by atoms with Crippen molar-refractivity contribution in [3.05, 3.63) is 35.9 Å². The summed E-state index contributed by atoms with van der Waals surface area (Å²) in [7, 11) is 0. The molecule has 0 aliphatic heterocycles. The van der Waals surface area contributed by atoms with E-state index in [0.717, 1.165) is 31.2 Å². The first-order valence-electron chi connectivity index (χ1n) is 8.56. The van der Waals surface area contributed by atoms with Crippen LogP contribution in [0.25, 0.3) is 0 Å². The summed E-state index contributed by atoms with van der Waals surface area (Å²) in [6, 6.07) is 8.49. The van der Waals surface area contributed by atoms with Crippen LogP contribution in [0.4, 0.5) is 4.79 Å². The van der Waals surface area contributed by atoms with Crippen LogP contribution in [-0.4, -0.2) is 30.5 Å². The van der Waals surface area contributed by atoms with Gasteiger partial charge in [0.1, 0.15) is 19.2 Å². The van der Waals surface area contributed by atoms with Crippen molar-refractivity contribution < 1.29 is 19.1 Å². The standard InChI is InChI=1S/C18H27N3O4/c1-2-3-4-8-11-15(17(19)23)21-16(22)12-20-18(24)25-13-14-9-6-5-7-10-14/h5-7,9-10,15H,2-4,8,11-13H2,1H3,(H2,19,23)(H,20,24)(H,21,22)/t15-/m0/s1. The van der Waals surface area contributed by atoms with Gasteiger partial charge in [0.15, 0.2) is 0 Å². The Morgan fingerprint density at radius 3 is 2.48 bits per heavy atom. The van der Waals surface area contributed by atoms with E-state index in [4.69, 9.17) is 10.5 Å². The average molecular weight is 349 g/mol. The maximum Gasteiger partial charge on any atom is 0.407 e. The molecule has 0 fully saturated rings. The van der Waals surface area contributed by atoms with Gasteiger partial charge in [0.2, 0.25) is 11.8 Å². The number of carbonyl (C=O) groups excluding carboxylic acids is 3. The molecule has 0 saturated carbocycles. The van der Waals surface area contributed by atoms with Crippen LogP contribution >= 0.6 is 0 Å². The van der Waals surface area contributed by atoms with Gasteiger partial charge in [-0.05, 0) is 12.0 Å². The molecule has 0 bridgehead atoms. The number of unbranched alkanes of at least 4 members (excludes halogenated alkanes) is 3. The zero-order valence-corrected chi connectivity index (χ0v) is 14.6. The number of hydrogen-bond acceptors (Lipinski definition) is 4. The van der Waals surface area contributed by atoms with Gasteiger partial charge in [-0.3, -0.25) is 9.59 Å². The van der Waals surface area contributed by atoms with Gasteiger partial charge in [-0.1, -0.05) is 62.9 Å². The molecule has 1 rings (SSSR count). The molecule has 7 nitrogen and oxygen atoms in total. The summed E-state index contributed by atoms with van der Waals surface area (Å²) in [6.45, 7) is 1.94. The minimum absolute atomic E-state index is 0.121. The molecule has 3 amide bonds. The largest absolute Gasteiger partial charge is 0.445 e. The van der Waals surface area contributed by atoms with E-state index in [9.17, 15) is 14.4 Å². The van der Waals surface area contributed by atoms with Crippen molar-refractivity contribution in [2.24, 2.45) is 5.73 Å². The van der Waals surface area contributed by atoms with Crippen molar-refractivity contribution in [2.45, 2.75) is 51.7 Å². The molecule has 0 aliphatic carbocycles. The molecule has 138 valence electrons. The molecule has 4 N–H and O–H groups in total. The van der Waals surface area contributed by atoms with Crippen LogP contribution in [0.3, 0.4) is 0 Å². The first kappa shape index (κ1) is 20.5. The van der Waals surface area contributed by atoms with Crippen molar-refractivity contribution >= 4 is 17.9 Å². The summed E-state index contributed by atoms with van der Waals surface area (Å²) >= 11 is 0. The Morgan fingerprint density at radius 1 is 1.12 bits per heavy atom. The lowest BCUT2D eigenvalue weighted by Gasteiger charge is -2.15. The minimum atomic E-state index is -0.716. The molecule has 1 aromatic rings. The molecule has 0 radical (unpaired) electrons. The minimum Gasteiger partial charge on any atom is -0.445 e. The number of amides is 3. The Bertz CT molecular complexity index is 549. The fourth-order valence-corrected chi connectivity index (χ4v) is 2.23. The second-order valence-electron chi connectivity index (χ2n) is 5.79. The topological polar surface area (TPSA) is 111 Å². The number of hydrogen-bond donors (Lipinski definition) is 3. The highest BCUT2D eigenvalue weighted by atomic mass is 16.5. The summed E-state index contributed by atoms with van der Waals surface area (Å²) in [5.41, 5.74) is 6.15. The Morgan fingerprint density at radius 2 is 1.84 bits per heavy atom. The third-order valence-electron chi connectivity index (χ3n) is 3.63. The van der Waals surface area contributed by atoms with Crippen molar-refractivity contribution in [3.63, 3.8) is 0 Å². The fraction of sp³-hybridized carbons (Fsp3) is 0.500. The highest BCUT2D eigenvalue weighted by Gasteiger charge is 2.18. The maximum atomic E-state index is 11.8. The van der Waals surface area contributed by atoms with Gasteiger partial charge in [0.05, 0.1) is 0 Å². The van der Waals surface area contributed by atoms with Gasteiger partial charge in [0.25, 0.3) is 0 Å². The van der Waals surface area contributed by atoms with Crippen molar-refractivity contribution in [3.8, 4) is 0 Å². The normalized spacial score (nSPS) is 11.4. The molecule has 0 spiro atoms. The van der Waals surface area contributed by atoms with E-state index in [1.54, 1.807) is 0 Å². The molecule has 0 saturated heterocycles. The summed E-state index contributed by atoms with van der Waals surface area (Å²) in [5.74, 6) is -1.05. The molecule has 7 heteroatoms. The van der Waals surface area contributed by atoms with Crippen LogP contribution in [0, 0.1) is 0 Å². The van der Waals surface area contributed by atoms with Crippen LogP contribution in [0.1, 0.15) is 44.6 Å². The predicted octanol–water partition coefficient (Wildman–Crippen LogP) is 1.85. The first-order chi connectivity index (χ1) is 12.0. The molecule has 0 aliphatic rings. The second-order valence-corrected chi connectivity index (χ2v) is 5.79. The van der Waals surface area contributed by atoms with Crippen LogP contribution in [0.2, 0.25) is 0 Å². The van der Waals surface area contributed by atoms with Crippen molar-refractivity contribution in [1.29, 1.82) is 0 Å². The van der Waals surface area contributed by atoms with Crippen LogP contribution in [0.15, 0.2) is 30.3 Å². The Hall–Kier alpha value is -2.57. The number of alkyl carbamates (subject to hydrolysis) is 1. The fourth-order valence-electron chi connectivity index (χ4n) is 2.23. The first-order valence-corrected chi connectivity index (χ1v) is 8.56. The van der Waals surface area contributed by atoms with Crippen molar-refractivity contribution in [2.75, 3.05) is 6.54 Å². The number of rotatable bonds is 11. The number of carbonyl (C=O) groups is 3. The second kappa shape index (κ2) is 11.9. The number of benzene rings is 1. The van der Waals surface area contributed by atoms with E-state index in [1.807, 2.05) is 30.3 Å². The van der Waals surface area contributed by atoms with E-state index < -0.39 is 23.9 Å². The number of nitrogens with two attached hydrogens (primary N) is 1. The van der Waals surface area contributed by atoms with E-state index in [0.29, 0.717) is 6.42 Å². The summed E-state index contributed by atoms with van der Waals surface area (Å²) in [4.78, 5) is 34.8. The van der Waals surface area contributed by atoms with E-state index in [2.05, 4.69) is 17.6 Å². The molecule has 25 heavy (non-hydrogen) atoms. The smallest absolute Gasteiger partial charge is 0.407 e. The number of ether oxygens (including phenoxy) is 1. The average Bonchev–Trinajstić information content (AvgIpc) is 2.61.